The molecular formula is C10H13NO3. The molecule has 1 heterocycles. The molecule has 4 heteroatoms. The van der Waals surface area contributed by atoms with Crippen LogP contribution in [0.1, 0.15) is 6.92 Å². The molecule has 1 aliphatic rings. The molecule has 0 bridgehead atoms. The lowest BCUT2D eigenvalue weighted by Crippen LogP contribution is -2.19. The topological polar surface area (TPSA) is 50.7 Å². The van der Waals surface area contributed by atoms with E-state index in [1.165, 1.54) is 0 Å². The minimum absolute atomic E-state index is 0.0374. The maximum absolute atomic E-state index is 8.87. The summed E-state index contributed by atoms with van der Waals surface area (Å²) in [5.74, 6) is 1.52. The molecule has 0 saturated carbocycles. The molecule has 1 atom stereocenters. The van der Waals surface area contributed by atoms with Crippen molar-refractivity contribution in [2.75, 3.05) is 18.7 Å². The number of rotatable bonds is 3. The predicted molar refractivity (Wildman–Crippen MR) is 52.7 cm³/mol. The Balaban J connectivity index is 2.12. The van der Waals surface area contributed by atoms with Crippen molar-refractivity contribution < 1.29 is 14.6 Å². The Labute approximate surface area is 82.5 Å². The predicted octanol–water partition coefficient (Wildman–Crippen LogP) is 1.21. The molecule has 0 aromatic heterocycles. The monoisotopic (exact) mass is 195 g/mol. The number of fused-ring (bicyclic) bond motifs is 1. The molecule has 1 aromatic carbocycles. The summed E-state index contributed by atoms with van der Waals surface area (Å²) in [6.45, 7) is 2.30. The highest BCUT2D eigenvalue weighted by molar-refractivity contribution is 5.55. The fraction of sp³-hybridized carbons (Fsp3) is 0.400. The van der Waals surface area contributed by atoms with Crippen LogP contribution < -0.4 is 14.8 Å². The molecule has 1 unspecified atom stereocenters. The first-order valence-electron chi connectivity index (χ1n) is 4.56. The number of aliphatic hydroxyl groups excluding tert-OH is 1. The van der Waals surface area contributed by atoms with Crippen LogP contribution in [0.5, 0.6) is 11.5 Å². The largest absolute Gasteiger partial charge is 0.454 e. The molecule has 76 valence electrons. The van der Waals surface area contributed by atoms with Crippen LogP contribution in [-0.2, 0) is 0 Å². The summed E-state index contributed by atoms with van der Waals surface area (Å²) in [5.41, 5.74) is 0.927. The molecule has 1 aromatic rings. The van der Waals surface area contributed by atoms with Gasteiger partial charge in [-0.25, -0.2) is 0 Å². The Kier molecular flexibility index (Phi) is 2.45. The van der Waals surface area contributed by atoms with E-state index in [9.17, 15) is 0 Å². The molecule has 0 fully saturated rings. The summed E-state index contributed by atoms with van der Waals surface area (Å²) in [6.07, 6.45) is 0. The van der Waals surface area contributed by atoms with Crippen molar-refractivity contribution in [1.82, 2.24) is 0 Å². The maximum Gasteiger partial charge on any atom is 0.231 e. The van der Waals surface area contributed by atoms with E-state index in [1.807, 2.05) is 25.1 Å². The third-order valence-corrected chi connectivity index (χ3v) is 2.06. The number of anilines is 1. The molecule has 0 aliphatic carbocycles. The highest BCUT2D eigenvalue weighted by atomic mass is 16.7. The van der Waals surface area contributed by atoms with Crippen LogP contribution in [0.3, 0.4) is 0 Å². The molecule has 0 saturated heterocycles. The number of nitrogens with one attached hydrogen (secondary N) is 1. The number of hydrogen-bond donors (Lipinski definition) is 2. The zero-order chi connectivity index (χ0) is 9.97. The lowest BCUT2D eigenvalue weighted by molar-refractivity contribution is 0.174. The molecule has 0 radical (unpaired) electrons. The average Bonchev–Trinajstić information content (AvgIpc) is 2.64. The summed E-state index contributed by atoms with van der Waals surface area (Å²) in [5, 5.41) is 12.0. The van der Waals surface area contributed by atoms with Crippen LogP contribution in [0.2, 0.25) is 0 Å². The Hall–Kier alpha value is -1.42. The van der Waals surface area contributed by atoms with Gasteiger partial charge in [-0.15, -0.1) is 0 Å². The lowest BCUT2D eigenvalue weighted by Gasteiger charge is -2.12. The van der Waals surface area contributed by atoms with Crippen molar-refractivity contribution in [1.29, 1.82) is 0 Å². The van der Waals surface area contributed by atoms with Gasteiger partial charge in [0.2, 0.25) is 6.79 Å². The van der Waals surface area contributed by atoms with Gasteiger partial charge in [0.1, 0.15) is 0 Å². The standard InChI is InChI=1S/C10H13NO3/c1-7(5-12)11-8-2-3-9-10(4-8)14-6-13-9/h2-4,7,11-12H,5-6H2,1H3. The zero-order valence-corrected chi connectivity index (χ0v) is 7.99. The molecule has 2 N–H and O–H groups in total. The maximum atomic E-state index is 8.87. The highest BCUT2D eigenvalue weighted by Gasteiger charge is 2.13. The Bertz CT molecular complexity index is 327. The van der Waals surface area contributed by atoms with Gasteiger partial charge in [0.15, 0.2) is 11.5 Å². The first kappa shape index (κ1) is 9.15. The van der Waals surface area contributed by atoms with E-state index < -0.39 is 0 Å². The second-order valence-electron chi connectivity index (χ2n) is 3.30. The van der Waals surface area contributed by atoms with E-state index >= 15 is 0 Å². The molecule has 1 aliphatic heterocycles. The van der Waals surface area contributed by atoms with Gasteiger partial charge in [0.25, 0.3) is 0 Å². The molecule has 0 spiro atoms. The number of ether oxygens (including phenoxy) is 2. The number of aliphatic hydroxyl groups is 1. The van der Waals surface area contributed by atoms with Crippen molar-refractivity contribution in [2.24, 2.45) is 0 Å². The summed E-state index contributed by atoms with van der Waals surface area (Å²) < 4.78 is 10.4. The van der Waals surface area contributed by atoms with E-state index in [2.05, 4.69) is 5.32 Å². The fourth-order valence-corrected chi connectivity index (χ4v) is 1.32. The van der Waals surface area contributed by atoms with Crippen molar-refractivity contribution in [3.8, 4) is 11.5 Å². The minimum atomic E-state index is 0.0374. The number of hydrogen-bond acceptors (Lipinski definition) is 4. The second kappa shape index (κ2) is 3.75. The molecule has 4 nitrogen and oxygen atoms in total. The van der Waals surface area contributed by atoms with Crippen molar-refractivity contribution >= 4 is 5.69 Å². The van der Waals surface area contributed by atoms with E-state index in [0.29, 0.717) is 0 Å². The Morgan fingerprint density at radius 1 is 1.43 bits per heavy atom. The highest BCUT2D eigenvalue weighted by Crippen LogP contribution is 2.34. The summed E-state index contributed by atoms with van der Waals surface area (Å²) in [4.78, 5) is 0. The van der Waals surface area contributed by atoms with Crippen LogP contribution in [0.15, 0.2) is 18.2 Å². The lowest BCUT2D eigenvalue weighted by atomic mass is 10.2. The smallest absolute Gasteiger partial charge is 0.231 e. The third-order valence-electron chi connectivity index (χ3n) is 2.06. The number of benzene rings is 1. The van der Waals surface area contributed by atoms with Gasteiger partial charge in [-0.05, 0) is 19.1 Å². The van der Waals surface area contributed by atoms with E-state index in [4.69, 9.17) is 14.6 Å². The quantitative estimate of drug-likeness (QED) is 0.761. The van der Waals surface area contributed by atoms with Crippen LogP contribution in [-0.4, -0.2) is 24.5 Å². The van der Waals surface area contributed by atoms with E-state index in [1.54, 1.807) is 0 Å². The van der Waals surface area contributed by atoms with Crippen LogP contribution in [0, 0.1) is 0 Å². The Morgan fingerprint density at radius 2 is 2.21 bits per heavy atom. The molecule has 0 amide bonds. The van der Waals surface area contributed by atoms with Gasteiger partial charge in [-0.1, -0.05) is 0 Å². The van der Waals surface area contributed by atoms with Crippen molar-refractivity contribution in [3.05, 3.63) is 18.2 Å². The third kappa shape index (κ3) is 1.75. The second-order valence-corrected chi connectivity index (χ2v) is 3.30. The van der Waals surface area contributed by atoms with E-state index in [0.717, 1.165) is 17.2 Å². The fourth-order valence-electron chi connectivity index (χ4n) is 1.32. The zero-order valence-electron chi connectivity index (χ0n) is 7.99. The van der Waals surface area contributed by atoms with Gasteiger partial charge < -0.3 is 19.9 Å². The van der Waals surface area contributed by atoms with Gasteiger partial charge in [0, 0.05) is 17.8 Å². The summed E-state index contributed by atoms with van der Waals surface area (Å²) in [7, 11) is 0. The van der Waals surface area contributed by atoms with Crippen LogP contribution >= 0.6 is 0 Å². The van der Waals surface area contributed by atoms with Crippen molar-refractivity contribution in [2.45, 2.75) is 13.0 Å². The SMILES string of the molecule is CC(CO)Nc1ccc2c(c1)OCO2. The summed E-state index contributed by atoms with van der Waals surface area (Å²) >= 11 is 0. The normalized spacial score (nSPS) is 15.3. The minimum Gasteiger partial charge on any atom is -0.454 e. The first-order chi connectivity index (χ1) is 6.79. The average molecular weight is 195 g/mol. The Morgan fingerprint density at radius 3 is 3.00 bits per heavy atom. The van der Waals surface area contributed by atoms with Crippen LogP contribution in [0.4, 0.5) is 5.69 Å². The van der Waals surface area contributed by atoms with Crippen molar-refractivity contribution in [3.63, 3.8) is 0 Å². The van der Waals surface area contributed by atoms with Gasteiger partial charge in [-0.3, -0.25) is 0 Å². The summed E-state index contributed by atoms with van der Waals surface area (Å²) in [6, 6.07) is 5.67. The molecular weight excluding hydrogens is 182 g/mol. The van der Waals surface area contributed by atoms with Gasteiger partial charge in [-0.2, -0.15) is 0 Å². The molecule has 14 heavy (non-hydrogen) atoms. The van der Waals surface area contributed by atoms with E-state index in [-0.39, 0.29) is 19.4 Å². The van der Waals surface area contributed by atoms with Gasteiger partial charge >= 0.3 is 0 Å². The van der Waals surface area contributed by atoms with Crippen LogP contribution in [0.25, 0.3) is 0 Å². The van der Waals surface area contributed by atoms with Gasteiger partial charge in [0.05, 0.1) is 6.61 Å². The molecule has 2 rings (SSSR count). The first-order valence-corrected chi connectivity index (χ1v) is 4.56.